The Morgan fingerprint density at radius 3 is 1.90 bits per heavy atom. The highest BCUT2D eigenvalue weighted by molar-refractivity contribution is 8.00. The van der Waals surface area contributed by atoms with Crippen molar-refractivity contribution in [3.8, 4) is 17.2 Å². The number of ether oxygens (including phenoxy) is 2. The molecule has 8 nitrogen and oxygen atoms in total. The smallest absolute Gasteiger partial charge is 0.272 e. The van der Waals surface area contributed by atoms with Gasteiger partial charge in [-0.05, 0) is 110 Å². The first-order valence-corrected chi connectivity index (χ1v) is 16.3. The summed E-state index contributed by atoms with van der Waals surface area (Å²) in [5.74, 6) is 1.08. The Balaban J connectivity index is 1.19. The van der Waals surface area contributed by atoms with Gasteiger partial charge in [0.05, 0.1) is 11.9 Å². The maximum absolute atomic E-state index is 13.4. The summed E-state index contributed by atoms with van der Waals surface area (Å²) in [7, 11) is 0. The molecule has 3 amide bonds. The minimum Gasteiger partial charge on any atom is -0.494 e. The van der Waals surface area contributed by atoms with Crippen LogP contribution in [0.4, 0.5) is 11.4 Å². The molecule has 5 aromatic rings. The fourth-order valence-corrected chi connectivity index (χ4v) is 5.35. The highest BCUT2D eigenvalue weighted by Crippen LogP contribution is 2.27. The second-order valence-corrected chi connectivity index (χ2v) is 12.0. The molecule has 0 aliphatic heterocycles. The van der Waals surface area contributed by atoms with E-state index in [0.717, 1.165) is 10.6 Å². The minimum absolute atomic E-state index is 0.0800. The molecule has 5 rings (SSSR count). The van der Waals surface area contributed by atoms with Crippen LogP contribution in [0.25, 0.3) is 6.08 Å². The number of thioether (sulfide) groups is 1. The van der Waals surface area contributed by atoms with Gasteiger partial charge in [0.2, 0.25) is 5.91 Å². The van der Waals surface area contributed by atoms with Crippen molar-refractivity contribution in [1.29, 1.82) is 0 Å². The fraction of sp³-hybridized carbons (Fsp3) is 0.103. The van der Waals surface area contributed by atoms with Gasteiger partial charge in [-0.2, -0.15) is 0 Å². The monoisotopic (exact) mass is 657 g/mol. The van der Waals surface area contributed by atoms with Gasteiger partial charge in [0.1, 0.15) is 22.9 Å². The molecule has 48 heavy (non-hydrogen) atoms. The van der Waals surface area contributed by atoms with E-state index in [0.29, 0.717) is 40.6 Å². The van der Waals surface area contributed by atoms with E-state index in [2.05, 4.69) is 16.0 Å². The molecular weight excluding hydrogens is 623 g/mol. The number of anilines is 2. The number of carbonyl (C=O) groups excluding carboxylic acids is 3. The van der Waals surface area contributed by atoms with Crippen LogP contribution in [0.2, 0.25) is 0 Å². The van der Waals surface area contributed by atoms with E-state index in [-0.39, 0.29) is 16.9 Å². The van der Waals surface area contributed by atoms with Crippen LogP contribution in [-0.4, -0.2) is 29.6 Å². The predicted molar refractivity (Wildman–Crippen MR) is 191 cm³/mol. The molecule has 0 heterocycles. The molecule has 0 fully saturated rings. The average molecular weight is 658 g/mol. The molecular formula is C39H35N3O5S. The van der Waals surface area contributed by atoms with E-state index in [4.69, 9.17) is 9.47 Å². The summed E-state index contributed by atoms with van der Waals surface area (Å²) < 4.78 is 11.3. The molecule has 0 aliphatic rings. The zero-order valence-electron chi connectivity index (χ0n) is 26.5. The molecule has 0 aromatic heterocycles. The van der Waals surface area contributed by atoms with Crippen LogP contribution in [0.3, 0.4) is 0 Å². The van der Waals surface area contributed by atoms with Crippen molar-refractivity contribution in [3.63, 3.8) is 0 Å². The summed E-state index contributed by atoms with van der Waals surface area (Å²) in [6.45, 7) is 4.28. The van der Waals surface area contributed by atoms with E-state index < -0.39 is 11.8 Å². The van der Waals surface area contributed by atoms with E-state index in [1.165, 1.54) is 11.8 Å². The van der Waals surface area contributed by atoms with Gasteiger partial charge >= 0.3 is 0 Å². The van der Waals surface area contributed by atoms with Gasteiger partial charge in [-0.25, -0.2) is 0 Å². The average Bonchev–Trinajstić information content (AvgIpc) is 3.11. The zero-order valence-corrected chi connectivity index (χ0v) is 27.3. The Bertz CT molecular complexity index is 1850. The van der Waals surface area contributed by atoms with Crippen LogP contribution in [0.15, 0.2) is 144 Å². The van der Waals surface area contributed by atoms with Crippen molar-refractivity contribution in [3.05, 3.63) is 150 Å². The van der Waals surface area contributed by atoms with Crippen LogP contribution in [0.5, 0.6) is 17.2 Å². The summed E-state index contributed by atoms with van der Waals surface area (Å²) in [5, 5.41) is 8.16. The second-order valence-electron chi connectivity index (χ2n) is 10.5. The number of amides is 3. The topological polar surface area (TPSA) is 106 Å². The van der Waals surface area contributed by atoms with Crippen LogP contribution in [0, 0.1) is 0 Å². The van der Waals surface area contributed by atoms with Gasteiger partial charge in [0.25, 0.3) is 11.8 Å². The summed E-state index contributed by atoms with van der Waals surface area (Å²) in [6, 6.07) is 39.8. The van der Waals surface area contributed by atoms with Crippen LogP contribution < -0.4 is 25.4 Å². The van der Waals surface area contributed by atoms with Crippen molar-refractivity contribution in [1.82, 2.24) is 5.32 Å². The Labute approximate surface area is 284 Å². The lowest BCUT2D eigenvalue weighted by Gasteiger charge is -2.14. The molecule has 1 atom stereocenters. The lowest BCUT2D eigenvalue weighted by atomic mass is 10.1. The summed E-state index contributed by atoms with van der Waals surface area (Å²) in [6.07, 6.45) is 1.61. The predicted octanol–water partition coefficient (Wildman–Crippen LogP) is 8.41. The van der Waals surface area contributed by atoms with E-state index in [1.54, 1.807) is 78.9 Å². The summed E-state index contributed by atoms with van der Waals surface area (Å²) >= 11 is 1.39. The third-order valence-electron chi connectivity index (χ3n) is 6.93. The van der Waals surface area contributed by atoms with Gasteiger partial charge in [-0.1, -0.05) is 48.5 Å². The molecule has 0 saturated heterocycles. The van der Waals surface area contributed by atoms with Gasteiger partial charge < -0.3 is 25.4 Å². The first-order chi connectivity index (χ1) is 23.4. The molecule has 1 unspecified atom stereocenters. The second kappa shape index (κ2) is 16.7. The van der Waals surface area contributed by atoms with Crippen LogP contribution in [0.1, 0.15) is 29.8 Å². The van der Waals surface area contributed by atoms with Crippen LogP contribution >= 0.6 is 11.8 Å². The number of benzene rings is 5. The van der Waals surface area contributed by atoms with Gasteiger partial charge in [-0.3, -0.25) is 14.4 Å². The molecule has 0 bridgehead atoms. The normalized spacial score (nSPS) is 11.6. The van der Waals surface area contributed by atoms with Crippen LogP contribution in [-0.2, 0) is 9.59 Å². The van der Waals surface area contributed by atoms with Crippen molar-refractivity contribution < 1.29 is 23.9 Å². The first-order valence-electron chi connectivity index (χ1n) is 15.4. The Kier molecular flexibility index (Phi) is 11.7. The molecule has 9 heteroatoms. The number of carbonyl (C=O) groups is 3. The molecule has 0 saturated carbocycles. The Morgan fingerprint density at radius 1 is 0.688 bits per heavy atom. The van der Waals surface area contributed by atoms with Crippen molar-refractivity contribution in [2.24, 2.45) is 0 Å². The lowest BCUT2D eigenvalue weighted by molar-refractivity contribution is -0.115. The third kappa shape index (κ3) is 9.85. The number of hydrogen-bond donors (Lipinski definition) is 3. The fourth-order valence-electron chi connectivity index (χ4n) is 4.48. The number of para-hydroxylation sites is 1. The van der Waals surface area contributed by atoms with E-state index in [1.807, 2.05) is 74.5 Å². The first kappa shape index (κ1) is 33.6. The van der Waals surface area contributed by atoms with Gasteiger partial charge in [-0.15, -0.1) is 11.8 Å². The van der Waals surface area contributed by atoms with Gasteiger partial charge in [0.15, 0.2) is 0 Å². The number of hydrogen-bond acceptors (Lipinski definition) is 6. The molecule has 0 aliphatic carbocycles. The van der Waals surface area contributed by atoms with Crippen molar-refractivity contribution >= 4 is 46.9 Å². The molecule has 242 valence electrons. The standard InChI is InChI=1S/C39H35N3O5S/c1-3-46-32-20-14-28(15-21-32)26-36(42-38(44)29-10-6-4-7-11-29)39(45)41-31-18-24-35(25-19-31)48-27(2)37(43)40-30-16-22-34(23-17-30)47-33-12-8-5-9-13-33/h4-27H,3H2,1-2H3,(H,40,43)(H,41,45)(H,42,44)/b36-26-. The molecule has 3 N–H and O–H groups in total. The lowest BCUT2D eigenvalue weighted by Crippen LogP contribution is -2.30. The number of rotatable bonds is 13. The van der Waals surface area contributed by atoms with Crippen molar-refractivity contribution in [2.45, 2.75) is 24.0 Å². The molecule has 0 radical (unpaired) electrons. The third-order valence-corrected chi connectivity index (χ3v) is 8.04. The van der Waals surface area contributed by atoms with E-state index in [9.17, 15) is 14.4 Å². The highest BCUT2D eigenvalue weighted by Gasteiger charge is 2.17. The summed E-state index contributed by atoms with van der Waals surface area (Å²) in [5.41, 5.74) is 2.42. The zero-order chi connectivity index (χ0) is 33.7. The Hall–Kier alpha value is -5.80. The summed E-state index contributed by atoms with van der Waals surface area (Å²) in [4.78, 5) is 40.1. The SMILES string of the molecule is CCOc1ccc(/C=C(\NC(=O)c2ccccc2)C(=O)Nc2ccc(SC(C)C(=O)Nc3ccc(Oc4ccccc4)cc3)cc2)cc1. The maximum atomic E-state index is 13.4. The minimum atomic E-state index is -0.485. The maximum Gasteiger partial charge on any atom is 0.272 e. The Morgan fingerprint density at radius 2 is 1.25 bits per heavy atom. The van der Waals surface area contributed by atoms with Gasteiger partial charge in [0, 0.05) is 21.8 Å². The number of nitrogens with one attached hydrogen (secondary N) is 3. The quantitative estimate of drug-likeness (QED) is 0.0868. The highest BCUT2D eigenvalue weighted by atomic mass is 32.2. The molecule has 0 spiro atoms. The van der Waals surface area contributed by atoms with Crippen molar-refractivity contribution in [2.75, 3.05) is 17.2 Å². The largest absolute Gasteiger partial charge is 0.494 e. The van der Waals surface area contributed by atoms with E-state index >= 15 is 0 Å². The molecule has 5 aromatic carbocycles.